The molecule has 8 aromatic carbocycles. The van der Waals surface area contributed by atoms with Gasteiger partial charge in [0.15, 0.2) is 5.82 Å². The Bertz CT molecular complexity index is 3250. The lowest BCUT2D eigenvalue weighted by Gasteiger charge is -2.15. The van der Waals surface area contributed by atoms with Crippen LogP contribution in [0.25, 0.3) is 111 Å². The zero-order chi connectivity index (χ0) is 37.0. The summed E-state index contributed by atoms with van der Waals surface area (Å²) < 4.78 is 12.9. The van der Waals surface area contributed by atoms with Crippen LogP contribution in [0.4, 0.5) is 0 Å². The highest BCUT2D eigenvalue weighted by Gasteiger charge is 2.18. The molecular formula is C52H32N2O2. The zero-order valence-corrected chi connectivity index (χ0v) is 30.2. The standard InChI is InChI=1S/C52H32N2O2/c1-3-14-33(15-4-1)36-28-37(40-22-13-23-45-43-21-10-12-25-49(43)56-51(40)45)30-38(29-36)46-32-47(54-52(53-46)34-16-5-2-6-17-34)41-19-8-7-18-39(41)35-26-27-44-42-20-9-11-24-48(42)55-50(44)31-35/h1-32H. The molecule has 0 fully saturated rings. The van der Waals surface area contributed by atoms with Gasteiger partial charge in [-0.1, -0.05) is 146 Å². The molecule has 0 spiro atoms. The molecule has 0 N–H and O–H groups in total. The summed E-state index contributed by atoms with van der Waals surface area (Å²) in [4.78, 5) is 10.5. The second-order valence-corrected chi connectivity index (χ2v) is 14.1. The molecule has 0 radical (unpaired) electrons. The normalized spacial score (nSPS) is 11.6. The van der Waals surface area contributed by atoms with Gasteiger partial charge in [-0.3, -0.25) is 0 Å². The fraction of sp³-hybridized carbons (Fsp3) is 0. The molecule has 11 aromatic rings. The van der Waals surface area contributed by atoms with Crippen molar-refractivity contribution in [1.29, 1.82) is 0 Å². The highest BCUT2D eigenvalue weighted by Crippen LogP contribution is 2.41. The van der Waals surface area contributed by atoms with E-state index in [9.17, 15) is 0 Å². The Morgan fingerprint density at radius 1 is 0.286 bits per heavy atom. The van der Waals surface area contributed by atoms with E-state index in [1.165, 1.54) is 0 Å². The highest BCUT2D eigenvalue weighted by molar-refractivity contribution is 6.10. The van der Waals surface area contributed by atoms with Gasteiger partial charge in [-0.2, -0.15) is 0 Å². The van der Waals surface area contributed by atoms with E-state index < -0.39 is 0 Å². The fourth-order valence-electron chi connectivity index (χ4n) is 8.00. The van der Waals surface area contributed by atoms with Gasteiger partial charge in [0.1, 0.15) is 22.3 Å². The average Bonchev–Trinajstić information content (AvgIpc) is 3.85. The third-order valence-corrected chi connectivity index (χ3v) is 10.7. The topological polar surface area (TPSA) is 52.1 Å². The SMILES string of the molecule is c1ccc(-c2cc(-c3cc(-c4ccccc4-c4ccc5c(c4)oc4ccccc45)nc(-c4ccccc4)n3)cc(-c3cccc4c3oc3ccccc34)c2)cc1. The smallest absolute Gasteiger partial charge is 0.160 e. The van der Waals surface area contributed by atoms with Crippen LogP contribution in [-0.4, -0.2) is 9.97 Å². The monoisotopic (exact) mass is 716 g/mol. The maximum absolute atomic E-state index is 6.55. The van der Waals surface area contributed by atoms with Crippen LogP contribution in [0.1, 0.15) is 0 Å². The second-order valence-electron chi connectivity index (χ2n) is 14.1. The van der Waals surface area contributed by atoms with Gasteiger partial charge >= 0.3 is 0 Å². The number of hydrogen-bond donors (Lipinski definition) is 0. The van der Waals surface area contributed by atoms with Gasteiger partial charge in [0, 0.05) is 43.8 Å². The van der Waals surface area contributed by atoms with Crippen molar-refractivity contribution in [3.63, 3.8) is 0 Å². The maximum Gasteiger partial charge on any atom is 0.160 e. The molecule has 4 nitrogen and oxygen atoms in total. The van der Waals surface area contributed by atoms with Gasteiger partial charge < -0.3 is 8.83 Å². The minimum absolute atomic E-state index is 0.659. The van der Waals surface area contributed by atoms with Crippen molar-refractivity contribution in [2.75, 3.05) is 0 Å². The van der Waals surface area contributed by atoms with Crippen LogP contribution in [0, 0.1) is 0 Å². The lowest BCUT2D eigenvalue weighted by Crippen LogP contribution is -1.97. The number of para-hydroxylation sites is 3. The molecule has 0 aliphatic rings. The van der Waals surface area contributed by atoms with Crippen LogP contribution in [0.3, 0.4) is 0 Å². The van der Waals surface area contributed by atoms with Crippen molar-refractivity contribution in [2.45, 2.75) is 0 Å². The quantitative estimate of drug-likeness (QED) is 0.172. The first-order valence-corrected chi connectivity index (χ1v) is 18.8. The number of fused-ring (bicyclic) bond motifs is 6. The molecule has 0 saturated carbocycles. The number of rotatable bonds is 6. The fourth-order valence-corrected chi connectivity index (χ4v) is 8.00. The summed E-state index contributed by atoms with van der Waals surface area (Å²) in [7, 11) is 0. The van der Waals surface area contributed by atoms with Crippen LogP contribution < -0.4 is 0 Å². The van der Waals surface area contributed by atoms with Crippen molar-refractivity contribution in [2.24, 2.45) is 0 Å². The molecule has 3 aromatic heterocycles. The highest BCUT2D eigenvalue weighted by atomic mass is 16.3. The average molecular weight is 717 g/mol. The van der Waals surface area contributed by atoms with E-state index in [1.54, 1.807) is 0 Å². The second kappa shape index (κ2) is 13.1. The molecule has 0 bridgehead atoms. The van der Waals surface area contributed by atoms with E-state index in [2.05, 4.69) is 152 Å². The first kappa shape index (κ1) is 31.9. The number of nitrogens with zero attached hydrogens (tertiary/aromatic N) is 2. The molecule has 0 aliphatic carbocycles. The first-order valence-electron chi connectivity index (χ1n) is 18.8. The molecule has 11 rings (SSSR count). The molecule has 0 atom stereocenters. The summed E-state index contributed by atoms with van der Waals surface area (Å²) in [6.45, 7) is 0. The largest absolute Gasteiger partial charge is 0.456 e. The van der Waals surface area contributed by atoms with E-state index in [0.29, 0.717) is 5.82 Å². The van der Waals surface area contributed by atoms with Gasteiger partial charge in [0.25, 0.3) is 0 Å². The van der Waals surface area contributed by atoms with Crippen LogP contribution in [0.15, 0.2) is 203 Å². The Kier molecular flexibility index (Phi) is 7.46. The molecule has 0 saturated heterocycles. The zero-order valence-electron chi connectivity index (χ0n) is 30.2. The van der Waals surface area contributed by atoms with Crippen LogP contribution >= 0.6 is 0 Å². The predicted molar refractivity (Wildman–Crippen MR) is 229 cm³/mol. The third kappa shape index (κ3) is 5.47. The van der Waals surface area contributed by atoms with E-state index >= 15 is 0 Å². The molecular weight excluding hydrogens is 685 g/mol. The molecule has 4 heteroatoms. The predicted octanol–water partition coefficient (Wildman–Crippen LogP) is 14.3. The van der Waals surface area contributed by atoms with Crippen LogP contribution in [0.5, 0.6) is 0 Å². The van der Waals surface area contributed by atoms with Crippen LogP contribution in [-0.2, 0) is 0 Å². The molecule has 262 valence electrons. The number of aromatic nitrogens is 2. The van der Waals surface area contributed by atoms with E-state index in [4.69, 9.17) is 18.8 Å². The summed E-state index contributed by atoms with van der Waals surface area (Å²) >= 11 is 0. The van der Waals surface area contributed by atoms with Crippen molar-refractivity contribution in [3.8, 4) is 67.3 Å². The summed E-state index contributed by atoms with van der Waals surface area (Å²) in [5, 5.41) is 4.42. The lowest BCUT2D eigenvalue weighted by atomic mass is 9.93. The van der Waals surface area contributed by atoms with Crippen molar-refractivity contribution in [1.82, 2.24) is 9.97 Å². The first-order chi connectivity index (χ1) is 27.7. The Labute approximate surface area is 323 Å². The minimum atomic E-state index is 0.659. The summed E-state index contributed by atoms with van der Waals surface area (Å²) in [6.07, 6.45) is 0. The van der Waals surface area contributed by atoms with E-state index in [1.807, 2.05) is 42.5 Å². The number of hydrogen-bond acceptors (Lipinski definition) is 4. The lowest BCUT2D eigenvalue weighted by molar-refractivity contribution is 0.669. The van der Waals surface area contributed by atoms with Gasteiger partial charge in [0.2, 0.25) is 0 Å². The minimum Gasteiger partial charge on any atom is -0.456 e. The van der Waals surface area contributed by atoms with Crippen molar-refractivity contribution >= 4 is 43.9 Å². The number of furan rings is 2. The Morgan fingerprint density at radius 2 is 0.857 bits per heavy atom. The van der Waals surface area contributed by atoms with Gasteiger partial charge in [-0.25, -0.2) is 9.97 Å². The van der Waals surface area contributed by atoms with Gasteiger partial charge in [-0.05, 0) is 76.3 Å². The summed E-state index contributed by atoms with van der Waals surface area (Å²) in [5.41, 5.74) is 14.5. The van der Waals surface area contributed by atoms with E-state index in [-0.39, 0.29) is 0 Å². The molecule has 0 amide bonds. The van der Waals surface area contributed by atoms with Gasteiger partial charge in [0.05, 0.1) is 11.4 Å². The summed E-state index contributed by atoms with van der Waals surface area (Å²) in [6, 6.07) is 67.3. The van der Waals surface area contributed by atoms with Crippen molar-refractivity contribution < 1.29 is 8.83 Å². The molecule has 56 heavy (non-hydrogen) atoms. The van der Waals surface area contributed by atoms with Crippen molar-refractivity contribution in [3.05, 3.63) is 194 Å². The third-order valence-electron chi connectivity index (χ3n) is 10.7. The van der Waals surface area contributed by atoms with E-state index in [0.717, 1.165) is 105 Å². The Balaban J connectivity index is 1.13. The molecule has 3 heterocycles. The summed E-state index contributed by atoms with van der Waals surface area (Å²) in [5.74, 6) is 0.659. The molecule has 0 aliphatic heterocycles. The molecule has 0 unspecified atom stereocenters. The maximum atomic E-state index is 6.55. The Morgan fingerprint density at radius 3 is 1.66 bits per heavy atom. The Hall–Kier alpha value is -7.56. The van der Waals surface area contributed by atoms with Crippen LogP contribution in [0.2, 0.25) is 0 Å². The van der Waals surface area contributed by atoms with Gasteiger partial charge in [-0.15, -0.1) is 0 Å². The number of benzene rings is 8.